The number of rotatable bonds is 2. The molecule has 7 nitrogen and oxygen atoms in total. The van der Waals surface area contributed by atoms with Gasteiger partial charge in [0.2, 0.25) is 5.95 Å². The van der Waals surface area contributed by atoms with Gasteiger partial charge < -0.3 is 10.3 Å². The molecule has 0 amide bonds. The number of para-hydroxylation sites is 2. The zero-order chi connectivity index (χ0) is 16.8. The van der Waals surface area contributed by atoms with Crippen molar-refractivity contribution in [3.63, 3.8) is 0 Å². The van der Waals surface area contributed by atoms with E-state index in [0.29, 0.717) is 11.9 Å². The molecule has 5 rings (SSSR count). The highest BCUT2D eigenvalue weighted by Crippen LogP contribution is 2.32. The zero-order valence-electron chi connectivity index (χ0n) is 13.2. The lowest BCUT2D eigenvalue weighted by atomic mass is 10.1. The monoisotopic (exact) mass is 329 g/mol. The molecule has 3 N–H and O–H groups in total. The van der Waals surface area contributed by atoms with Crippen molar-refractivity contribution in [2.75, 3.05) is 5.32 Å². The Labute approximate surface area is 143 Å². The van der Waals surface area contributed by atoms with Crippen molar-refractivity contribution in [1.82, 2.24) is 19.1 Å². The van der Waals surface area contributed by atoms with Gasteiger partial charge in [-0.1, -0.05) is 24.3 Å². The lowest BCUT2D eigenvalue weighted by Crippen LogP contribution is -2.31. The Morgan fingerprint density at radius 2 is 1.88 bits per heavy atom. The van der Waals surface area contributed by atoms with E-state index in [0.717, 1.165) is 22.3 Å². The summed E-state index contributed by atoms with van der Waals surface area (Å²) in [5, 5.41) is 3.05. The third-order valence-corrected chi connectivity index (χ3v) is 4.34. The first-order chi connectivity index (χ1) is 12.3. The van der Waals surface area contributed by atoms with Crippen molar-refractivity contribution in [2.45, 2.75) is 6.17 Å². The minimum Gasteiger partial charge on any atom is -0.370 e. The summed E-state index contributed by atoms with van der Waals surface area (Å²) in [6, 6.07) is 16.2. The zero-order valence-corrected chi connectivity index (χ0v) is 13.2. The molecule has 1 unspecified atom stereocenters. The Morgan fingerprint density at radius 1 is 1.04 bits per heavy atom. The largest absolute Gasteiger partial charge is 0.370 e. The van der Waals surface area contributed by atoms with Gasteiger partial charge in [-0.05, 0) is 29.8 Å². The summed E-state index contributed by atoms with van der Waals surface area (Å²) >= 11 is 0. The average Bonchev–Trinajstić information content (AvgIpc) is 3.28. The van der Waals surface area contributed by atoms with Gasteiger partial charge in [-0.15, -0.1) is 0 Å². The maximum atomic E-state index is 5.98. The highest BCUT2D eigenvalue weighted by atomic mass is 15.4. The number of fused-ring (bicyclic) bond motifs is 3. The molecule has 2 aromatic carbocycles. The van der Waals surface area contributed by atoms with Gasteiger partial charge in [-0.25, -0.2) is 15.0 Å². The van der Waals surface area contributed by atoms with Crippen molar-refractivity contribution in [2.24, 2.45) is 10.7 Å². The van der Waals surface area contributed by atoms with E-state index in [1.165, 1.54) is 0 Å². The van der Waals surface area contributed by atoms with Gasteiger partial charge >= 0.3 is 0 Å². The average molecular weight is 329 g/mol. The highest BCUT2D eigenvalue weighted by Gasteiger charge is 2.24. The maximum Gasteiger partial charge on any atom is 0.212 e. The topological polar surface area (TPSA) is 86.0 Å². The molecule has 0 fully saturated rings. The number of anilines is 1. The number of imidazole rings is 2. The predicted octanol–water partition coefficient (Wildman–Crippen LogP) is 2.51. The molecule has 4 aromatic rings. The van der Waals surface area contributed by atoms with Crippen LogP contribution in [0.15, 0.2) is 72.2 Å². The van der Waals surface area contributed by atoms with Crippen LogP contribution < -0.4 is 11.1 Å². The Kier molecular flexibility index (Phi) is 2.87. The number of nitrogens with zero attached hydrogens (tertiary/aromatic N) is 5. The molecule has 1 atom stereocenters. The van der Waals surface area contributed by atoms with Gasteiger partial charge in [0.05, 0.1) is 17.4 Å². The summed E-state index contributed by atoms with van der Waals surface area (Å²) in [5.74, 6) is 1.07. The second-order valence-corrected chi connectivity index (χ2v) is 5.87. The van der Waals surface area contributed by atoms with E-state index >= 15 is 0 Å². The lowest BCUT2D eigenvalue weighted by molar-refractivity contribution is 0.626. The van der Waals surface area contributed by atoms with Crippen molar-refractivity contribution in [3.8, 4) is 5.69 Å². The third kappa shape index (κ3) is 2.17. The molecule has 2 aromatic heterocycles. The smallest absolute Gasteiger partial charge is 0.212 e. The van der Waals surface area contributed by atoms with Crippen LogP contribution in [0.25, 0.3) is 16.7 Å². The second-order valence-electron chi connectivity index (χ2n) is 5.87. The molecule has 3 heterocycles. The number of aliphatic imine (C=N–C) groups is 1. The van der Waals surface area contributed by atoms with E-state index in [4.69, 9.17) is 5.73 Å². The predicted molar refractivity (Wildman–Crippen MR) is 96.7 cm³/mol. The van der Waals surface area contributed by atoms with Gasteiger partial charge in [0.25, 0.3) is 0 Å². The molecule has 25 heavy (non-hydrogen) atoms. The number of hydrogen-bond acceptors (Lipinski definition) is 5. The van der Waals surface area contributed by atoms with Crippen LogP contribution in [0.5, 0.6) is 0 Å². The number of aromatic nitrogens is 4. The van der Waals surface area contributed by atoms with Gasteiger partial charge in [-0.2, -0.15) is 0 Å². The van der Waals surface area contributed by atoms with Crippen molar-refractivity contribution in [3.05, 3.63) is 72.8 Å². The van der Waals surface area contributed by atoms with E-state index in [9.17, 15) is 0 Å². The van der Waals surface area contributed by atoms with Crippen LogP contribution in [0.4, 0.5) is 5.95 Å². The summed E-state index contributed by atoms with van der Waals surface area (Å²) in [6.45, 7) is 0. The van der Waals surface area contributed by atoms with Crippen LogP contribution in [-0.4, -0.2) is 25.1 Å². The number of hydrogen-bond donors (Lipinski definition) is 2. The summed E-state index contributed by atoms with van der Waals surface area (Å²) in [7, 11) is 0. The first kappa shape index (κ1) is 13.8. The molecular weight excluding hydrogens is 314 g/mol. The minimum absolute atomic E-state index is 0.250. The highest BCUT2D eigenvalue weighted by molar-refractivity contribution is 5.94. The third-order valence-electron chi connectivity index (χ3n) is 4.34. The van der Waals surface area contributed by atoms with Gasteiger partial charge in [0.15, 0.2) is 12.1 Å². The molecule has 122 valence electrons. The fourth-order valence-electron chi connectivity index (χ4n) is 3.17. The standard InChI is InChI=1S/C18H15N7/c19-17-22-16(12-5-7-13(8-6-12)24-10-9-20-11-24)25-15-4-2-1-3-14(15)21-18(25)23-17/h1-11,16H,(H3,19,21,22,23). The van der Waals surface area contributed by atoms with Crippen LogP contribution in [0.3, 0.4) is 0 Å². The van der Waals surface area contributed by atoms with E-state index in [1.807, 2.05) is 47.2 Å². The Bertz CT molecular complexity index is 1070. The summed E-state index contributed by atoms with van der Waals surface area (Å²) in [6.07, 6.45) is 5.20. The molecule has 7 heteroatoms. The van der Waals surface area contributed by atoms with E-state index in [-0.39, 0.29) is 6.17 Å². The van der Waals surface area contributed by atoms with E-state index in [2.05, 4.69) is 37.0 Å². The Hall–Kier alpha value is -3.61. The maximum absolute atomic E-state index is 5.98. The quantitative estimate of drug-likeness (QED) is 0.592. The molecule has 0 bridgehead atoms. The van der Waals surface area contributed by atoms with E-state index in [1.54, 1.807) is 12.5 Å². The van der Waals surface area contributed by atoms with Crippen LogP contribution in [-0.2, 0) is 0 Å². The fourth-order valence-corrected chi connectivity index (χ4v) is 3.17. The first-order valence-electron chi connectivity index (χ1n) is 7.95. The lowest BCUT2D eigenvalue weighted by Gasteiger charge is -2.24. The minimum atomic E-state index is -0.250. The molecule has 0 aliphatic carbocycles. The van der Waals surface area contributed by atoms with Crippen molar-refractivity contribution in [1.29, 1.82) is 0 Å². The van der Waals surface area contributed by atoms with Crippen molar-refractivity contribution >= 4 is 22.9 Å². The summed E-state index contributed by atoms with van der Waals surface area (Å²) < 4.78 is 4.03. The first-order valence-corrected chi connectivity index (χ1v) is 7.95. The summed E-state index contributed by atoms with van der Waals surface area (Å²) in [5.41, 5.74) is 9.99. The molecule has 0 radical (unpaired) electrons. The SMILES string of the molecule is NC1=NC(c2ccc(-n3ccnc3)cc2)n2c(nc3ccccc32)N1. The van der Waals surface area contributed by atoms with Gasteiger partial charge in [0.1, 0.15) is 0 Å². The van der Waals surface area contributed by atoms with Gasteiger partial charge in [-0.3, -0.25) is 9.88 Å². The molecule has 0 saturated carbocycles. The Balaban J connectivity index is 1.63. The molecule has 0 spiro atoms. The van der Waals surface area contributed by atoms with Crippen LogP contribution in [0, 0.1) is 0 Å². The fraction of sp³-hybridized carbons (Fsp3) is 0.0556. The van der Waals surface area contributed by atoms with Gasteiger partial charge in [0, 0.05) is 18.1 Å². The molecule has 1 aliphatic heterocycles. The van der Waals surface area contributed by atoms with Crippen LogP contribution in [0.2, 0.25) is 0 Å². The molecule has 0 saturated heterocycles. The molecule has 1 aliphatic rings. The van der Waals surface area contributed by atoms with Crippen molar-refractivity contribution < 1.29 is 0 Å². The van der Waals surface area contributed by atoms with E-state index < -0.39 is 0 Å². The number of guanidine groups is 1. The van der Waals surface area contributed by atoms with Crippen LogP contribution in [0.1, 0.15) is 11.7 Å². The van der Waals surface area contributed by atoms with Crippen LogP contribution >= 0.6 is 0 Å². The summed E-state index contributed by atoms with van der Waals surface area (Å²) in [4.78, 5) is 13.3. The number of nitrogens with one attached hydrogen (secondary N) is 1. The Morgan fingerprint density at radius 3 is 2.68 bits per heavy atom. The second kappa shape index (κ2) is 5.20. The number of benzene rings is 2. The normalized spacial score (nSPS) is 16.3. The number of nitrogens with two attached hydrogens (primary N) is 1. The molecular formula is C18H15N7.